The smallest absolute Gasteiger partial charge is 0.323 e. The van der Waals surface area contributed by atoms with Crippen LogP contribution in [0.2, 0.25) is 0 Å². The average molecular weight is 223 g/mol. The summed E-state index contributed by atoms with van der Waals surface area (Å²) >= 11 is 0. The number of rotatable bonds is 4. The number of likely N-dealkylation sites (N-methyl/N-ethyl adjacent to an activating group) is 1. The van der Waals surface area contributed by atoms with Crippen LogP contribution in [-0.2, 0) is 16.0 Å². The summed E-state index contributed by atoms with van der Waals surface area (Å²) in [7, 11) is 1.41. The second-order valence-corrected chi connectivity index (χ2v) is 3.45. The number of amides is 1. The van der Waals surface area contributed by atoms with Gasteiger partial charge in [0, 0.05) is 12.6 Å². The molecule has 1 aromatic rings. The van der Waals surface area contributed by atoms with Crippen molar-refractivity contribution >= 4 is 11.9 Å². The molecule has 0 heterocycles. The van der Waals surface area contributed by atoms with E-state index >= 15 is 0 Å². The van der Waals surface area contributed by atoms with Crippen LogP contribution in [0.25, 0.3) is 0 Å². The Balaban J connectivity index is 2.64. The lowest BCUT2D eigenvalue weighted by Crippen LogP contribution is -2.33. The number of phenolic OH excluding ortho intramolecular Hbond substituents is 1. The van der Waals surface area contributed by atoms with Crippen LogP contribution in [0.4, 0.5) is 0 Å². The molecule has 0 saturated heterocycles. The number of para-hydroxylation sites is 1. The third kappa shape index (κ3) is 3.27. The molecule has 1 rings (SSSR count). The summed E-state index contributed by atoms with van der Waals surface area (Å²) in [6, 6.07) is 6.48. The summed E-state index contributed by atoms with van der Waals surface area (Å²) in [5.74, 6) is -1.36. The molecule has 0 aliphatic heterocycles. The number of carbonyl (C=O) groups is 2. The summed E-state index contributed by atoms with van der Waals surface area (Å²) in [4.78, 5) is 23.0. The predicted octanol–water partition coefficient (Wildman–Crippen LogP) is 0.478. The Morgan fingerprint density at radius 1 is 1.31 bits per heavy atom. The van der Waals surface area contributed by atoms with Crippen LogP contribution >= 0.6 is 0 Å². The van der Waals surface area contributed by atoms with Crippen LogP contribution in [0.5, 0.6) is 5.75 Å². The van der Waals surface area contributed by atoms with E-state index in [1.54, 1.807) is 18.2 Å². The van der Waals surface area contributed by atoms with Gasteiger partial charge in [0.25, 0.3) is 0 Å². The lowest BCUT2D eigenvalue weighted by Gasteiger charge is -2.14. The first-order valence-corrected chi connectivity index (χ1v) is 4.73. The molecule has 0 saturated carbocycles. The van der Waals surface area contributed by atoms with Crippen molar-refractivity contribution in [3.63, 3.8) is 0 Å². The van der Waals surface area contributed by atoms with Gasteiger partial charge in [0.1, 0.15) is 12.3 Å². The van der Waals surface area contributed by atoms with Crippen LogP contribution < -0.4 is 0 Å². The van der Waals surface area contributed by atoms with Gasteiger partial charge in [-0.05, 0) is 6.07 Å². The second kappa shape index (κ2) is 5.16. The van der Waals surface area contributed by atoms with Gasteiger partial charge in [0.05, 0.1) is 6.42 Å². The zero-order valence-electron chi connectivity index (χ0n) is 8.88. The zero-order valence-corrected chi connectivity index (χ0v) is 8.88. The number of hydrogen-bond acceptors (Lipinski definition) is 3. The number of aromatic hydroxyl groups is 1. The Morgan fingerprint density at radius 3 is 2.50 bits per heavy atom. The van der Waals surface area contributed by atoms with Crippen molar-refractivity contribution in [2.75, 3.05) is 13.6 Å². The van der Waals surface area contributed by atoms with Crippen molar-refractivity contribution < 1.29 is 19.8 Å². The molecule has 0 bridgehead atoms. The molecule has 1 aromatic carbocycles. The quantitative estimate of drug-likeness (QED) is 0.778. The van der Waals surface area contributed by atoms with Gasteiger partial charge in [0.2, 0.25) is 5.91 Å². The third-order valence-electron chi connectivity index (χ3n) is 2.13. The minimum atomic E-state index is -1.06. The Labute approximate surface area is 92.9 Å². The Hall–Kier alpha value is -2.04. The number of carbonyl (C=O) groups excluding carboxylic acids is 1. The van der Waals surface area contributed by atoms with Crippen LogP contribution in [-0.4, -0.2) is 40.6 Å². The van der Waals surface area contributed by atoms with Gasteiger partial charge in [0.15, 0.2) is 0 Å². The number of aliphatic carboxylic acids is 1. The van der Waals surface area contributed by atoms with Crippen LogP contribution in [0.3, 0.4) is 0 Å². The van der Waals surface area contributed by atoms with E-state index in [-0.39, 0.29) is 24.6 Å². The fourth-order valence-corrected chi connectivity index (χ4v) is 1.25. The molecule has 2 N–H and O–H groups in total. The summed E-state index contributed by atoms with van der Waals surface area (Å²) in [5.41, 5.74) is 0.490. The van der Waals surface area contributed by atoms with E-state index < -0.39 is 5.97 Å². The highest BCUT2D eigenvalue weighted by molar-refractivity contribution is 5.83. The maximum atomic E-state index is 11.6. The van der Waals surface area contributed by atoms with Crippen molar-refractivity contribution in [1.82, 2.24) is 4.90 Å². The van der Waals surface area contributed by atoms with Crippen molar-refractivity contribution in [1.29, 1.82) is 0 Å². The minimum absolute atomic E-state index is 0.00352. The van der Waals surface area contributed by atoms with Gasteiger partial charge in [-0.15, -0.1) is 0 Å². The number of carboxylic acid groups (broad SMARTS) is 1. The molecule has 0 aliphatic rings. The summed E-state index contributed by atoms with van der Waals surface area (Å²) < 4.78 is 0. The molecular formula is C11H13NO4. The Kier molecular flexibility index (Phi) is 3.88. The average Bonchev–Trinajstić information content (AvgIpc) is 2.20. The standard InChI is InChI=1S/C11H13NO4/c1-12(7-11(15)16)10(14)6-8-4-2-3-5-9(8)13/h2-5,13H,6-7H2,1H3,(H,15,16). The van der Waals surface area contributed by atoms with Crippen molar-refractivity contribution in [2.45, 2.75) is 6.42 Å². The van der Waals surface area contributed by atoms with E-state index in [0.717, 1.165) is 4.90 Å². The Morgan fingerprint density at radius 2 is 1.94 bits per heavy atom. The third-order valence-corrected chi connectivity index (χ3v) is 2.13. The summed E-state index contributed by atoms with van der Waals surface area (Å²) in [6.07, 6.45) is -0.00352. The van der Waals surface area contributed by atoms with Gasteiger partial charge in [-0.1, -0.05) is 18.2 Å². The summed E-state index contributed by atoms with van der Waals surface area (Å²) in [5, 5.41) is 17.9. The van der Waals surface area contributed by atoms with Gasteiger partial charge < -0.3 is 15.1 Å². The molecule has 86 valence electrons. The Bertz CT molecular complexity index is 403. The molecule has 5 heteroatoms. The number of phenols is 1. The number of hydrogen-bond donors (Lipinski definition) is 2. The molecule has 0 unspecified atom stereocenters. The number of carboxylic acids is 1. The summed E-state index contributed by atoms with van der Waals surface area (Å²) in [6.45, 7) is -0.341. The predicted molar refractivity (Wildman–Crippen MR) is 57.1 cm³/mol. The van der Waals surface area contributed by atoms with Gasteiger partial charge >= 0.3 is 5.97 Å². The van der Waals surface area contributed by atoms with E-state index in [9.17, 15) is 14.7 Å². The SMILES string of the molecule is CN(CC(=O)O)C(=O)Cc1ccccc1O. The first-order valence-electron chi connectivity index (χ1n) is 4.73. The highest BCUT2D eigenvalue weighted by Gasteiger charge is 2.13. The maximum Gasteiger partial charge on any atom is 0.323 e. The maximum absolute atomic E-state index is 11.6. The van der Waals surface area contributed by atoms with E-state index in [1.165, 1.54) is 13.1 Å². The van der Waals surface area contributed by atoms with Gasteiger partial charge in [-0.3, -0.25) is 9.59 Å². The van der Waals surface area contributed by atoms with Crippen molar-refractivity contribution in [3.8, 4) is 5.75 Å². The zero-order chi connectivity index (χ0) is 12.1. The molecule has 16 heavy (non-hydrogen) atoms. The van der Waals surface area contributed by atoms with Crippen LogP contribution in [0.1, 0.15) is 5.56 Å². The van der Waals surface area contributed by atoms with E-state index in [4.69, 9.17) is 5.11 Å². The lowest BCUT2D eigenvalue weighted by molar-refractivity contribution is -0.143. The van der Waals surface area contributed by atoms with E-state index in [0.29, 0.717) is 5.56 Å². The second-order valence-electron chi connectivity index (χ2n) is 3.45. The highest BCUT2D eigenvalue weighted by Crippen LogP contribution is 2.16. The largest absolute Gasteiger partial charge is 0.508 e. The normalized spacial score (nSPS) is 9.81. The van der Waals surface area contributed by atoms with E-state index in [2.05, 4.69) is 0 Å². The molecule has 5 nitrogen and oxygen atoms in total. The molecule has 0 spiro atoms. The first-order chi connectivity index (χ1) is 7.50. The van der Waals surface area contributed by atoms with Crippen LogP contribution in [0, 0.1) is 0 Å². The molecule has 0 radical (unpaired) electrons. The van der Waals surface area contributed by atoms with Crippen molar-refractivity contribution in [2.24, 2.45) is 0 Å². The molecular weight excluding hydrogens is 210 g/mol. The fourth-order valence-electron chi connectivity index (χ4n) is 1.25. The topological polar surface area (TPSA) is 77.8 Å². The number of benzene rings is 1. The molecule has 0 atom stereocenters. The van der Waals surface area contributed by atoms with Gasteiger partial charge in [-0.2, -0.15) is 0 Å². The molecule has 0 aromatic heterocycles. The van der Waals surface area contributed by atoms with Gasteiger partial charge in [-0.25, -0.2) is 0 Å². The van der Waals surface area contributed by atoms with Crippen LogP contribution in [0.15, 0.2) is 24.3 Å². The fraction of sp³-hybridized carbons (Fsp3) is 0.273. The minimum Gasteiger partial charge on any atom is -0.508 e. The van der Waals surface area contributed by atoms with Crippen molar-refractivity contribution in [3.05, 3.63) is 29.8 Å². The molecule has 0 aliphatic carbocycles. The number of nitrogens with zero attached hydrogens (tertiary/aromatic N) is 1. The van der Waals surface area contributed by atoms with E-state index in [1.807, 2.05) is 0 Å². The highest BCUT2D eigenvalue weighted by atomic mass is 16.4. The molecule has 1 amide bonds. The monoisotopic (exact) mass is 223 g/mol. The lowest BCUT2D eigenvalue weighted by atomic mass is 10.1. The first kappa shape index (κ1) is 12.0. The molecule has 0 fully saturated rings.